The van der Waals surface area contributed by atoms with Gasteiger partial charge in [-0.2, -0.15) is 5.26 Å². The molecule has 0 aliphatic heterocycles. The van der Waals surface area contributed by atoms with Gasteiger partial charge in [-0.15, -0.1) is 0 Å². The van der Waals surface area contributed by atoms with E-state index < -0.39 is 5.54 Å². The SMILES string of the molecule is CC(C)N(C)CC(N)(C#N)C1CC1. The molecule has 13 heavy (non-hydrogen) atoms. The summed E-state index contributed by atoms with van der Waals surface area (Å²) >= 11 is 0. The summed E-state index contributed by atoms with van der Waals surface area (Å²) in [5.41, 5.74) is 5.43. The lowest BCUT2D eigenvalue weighted by Crippen LogP contribution is -2.51. The Morgan fingerprint density at radius 1 is 1.62 bits per heavy atom. The minimum Gasteiger partial charge on any atom is -0.312 e. The van der Waals surface area contributed by atoms with E-state index in [1.807, 2.05) is 7.05 Å². The monoisotopic (exact) mass is 181 g/mol. The van der Waals surface area contributed by atoms with Crippen molar-refractivity contribution in [3.8, 4) is 6.07 Å². The third-order valence-corrected chi connectivity index (χ3v) is 2.91. The highest BCUT2D eigenvalue weighted by Gasteiger charge is 2.43. The van der Waals surface area contributed by atoms with E-state index in [0.717, 1.165) is 12.8 Å². The zero-order chi connectivity index (χ0) is 10.1. The molecule has 1 saturated carbocycles. The summed E-state index contributed by atoms with van der Waals surface area (Å²) in [6, 6.07) is 2.72. The summed E-state index contributed by atoms with van der Waals surface area (Å²) in [7, 11) is 2.02. The molecule has 0 spiro atoms. The molecule has 0 radical (unpaired) electrons. The zero-order valence-corrected chi connectivity index (χ0v) is 8.75. The average Bonchev–Trinajstić information content (AvgIpc) is 2.86. The van der Waals surface area contributed by atoms with Crippen LogP contribution in [0.15, 0.2) is 0 Å². The molecule has 0 aromatic heterocycles. The Kier molecular flexibility index (Phi) is 2.94. The van der Waals surface area contributed by atoms with Gasteiger partial charge in [-0.3, -0.25) is 0 Å². The summed E-state index contributed by atoms with van der Waals surface area (Å²) in [6.45, 7) is 4.92. The van der Waals surface area contributed by atoms with Crippen LogP contribution in [0.25, 0.3) is 0 Å². The number of hydrogen-bond donors (Lipinski definition) is 1. The van der Waals surface area contributed by atoms with E-state index in [2.05, 4.69) is 24.8 Å². The van der Waals surface area contributed by atoms with Crippen molar-refractivity contribution < 1.29 is 0 Å². The lowest BCUT2D eigenvalue weighted by atomic mass is 9.95. The van der Waals surface area contributed by atoms with Crippen LogP contribution < -0.4 is 5.73 Å². The van der Waals surface area contributed by atoms with Gasteiger partial charge >= 0.3 is 0 Å². The molecule has 1 aliphatic carbocycles. The van der Waals surface area contributed by atoms with E-state index in [9.17, 15) is 0 Å². The Hall–Kier alpha value is -0.590. The average molecular weight is 181 g/mol. The standard InChI is InChI=1S/C10H19N3/c1-8(2)13(3)7-10(12,6-11)9-4-5-9/h8-9H,4-5,7,12H2,1-3H3. The second kappa shape index (κ2) is 3.65. The van der Waals surface area contributed by atoms with Gasteiger partial charge in [-0.05, 0) is 39.7 Å². The molecule has 0 saturated heterocycles. The van der Waals surface area contributed by atoms with Crippen LogP contribution >= 0.6 is 0 Å². The largest absolute Gasteiger partial charge is 0.312 e. The lowest BCUT2D eigenvalue weighted by molar-refractivity contribution is 0.221. The Balaban J connectivity index is 2.53. The molecule has 1 unspecified atom stereocenters. The minimum atomic E-state index is -0.612. The maximum atomic E-state index is 9.02. The predicted molar refractivity (Wildman–Crippen MR) is 53.0 cm³/mol. The van der Waals surface area contributed by atoms with Crippen LogP contribution in [0.3, 0.4) is 0 Å². The number of nitrogens with two attached hydrogens (primary N) is 1. The number of likely N-dealkylation sites (N-methyl/N-ethyl adjacent to an activating group) is 1. The normalized spacial score (nSPS) is 21.6. The molecule has 74 valence electrons. The third-order valence-electron chi connectivity index (χ3n) is 2.91. The van der Waals surface area contributed by atoms with E-state index in [-0.39, 0.29) is 0 Å². The summed E-state index contributed by atoms with van der Waals surface area (Å²) in [4.78, 5) is 2.14. The van der Waals surface area contributed by atoms with Gasteiger partial charge in [0.2, 0.25) is 0 Å². The van der Waals surface area contributed by atoms with E-state index >= 15 is 0 Å². The Labute approximate surface area is 80.5 Å². The predicted octanol–water partition coefficient (Wildman–Crippen LogP) is 0.958. The Morgan fingerprint density at radius 3 is 2.46 bits per heavy atom. The van der Waals surface area contributed by atoms with Gasteiger partial charge in [-0.1, -0.05) is 0 Å². The van der Waals surface area contributed by atoms with Crippen molar-refractivity contribution in [3.05, 3.63) is 0 Å². The quantitative estimate of drug-likeness (QED) is 0.702. The van der Waals surface area contributed by atoms with Crippen molar-refractivity contribution >= 4 is 0 Å². The number of nitriles is 1. The fraction of sp³-hybridized carbons (Fsp3) is 0.900. The zero-order valence-electron chi connectivity index (χ0n) is 8.75. The van der Waals surface area contributed by atoms with Crippen molar-refractivity contribution in [2.45, 2.75) is 38.3 Å². The van der Waals surface area contributed by atoms with Crippen LogP contribution in [0.1, 0.15) is 26.7 Å². The topological polar surface area (TPSA) is 53.0 Å². The molecule has 0 aromatic carbocycles. The molecule has 3 nitrogen and oxygen atoms in total. The molecule has 1 rings (SSSR count). The molecule has 0 heterocycles. The first-order chi connectivity index (χ1) is 5.99. The van der Waals surface area contributed by atoms with E-state index in [1.54, 1.807) is 0 Å². The Morgan fingerprint density at radius 2 is 2.15 bits per heavy atom. The van der Waals surface area contributed by atoms with Gasteiger partial charge < -0.3 is 10.6 Å². The smallest absolute Gasteiger partial charge is 0.119 e. The fourth-order valence-corrected chi connectivity index (χ4v) is 1.45. The molecule has 3 heteroatoms. The molecular weight excluding hydrogens is 162 g/mol. The first kappa shape index (κ1) is 10.5. The summed E-state index contributed by atoms with van der Waals surface area (Å²) in [6.07, 6.45) is 2.24. The lowest BCUT2D eigenvalue weighted by Gasteiger charge is -2.30. The molecule has 1 atom stereocenters. The van der Waals surface area contributed by atoms with Crippen LogP contribution in [0.4, 0.5) is 0 Å². The molecule has 0 aromatic rings. The van der Waals surface area contributed by atoms with E-state index in [0.29, 0.717) is 18.5 Å². The van der Waals surface area contributed by atoms with Crippen molar-refractivity contribution in [3.63, 3.8) is 0 Å². The van der Waals surface area contributed by atoms with Crippen LogP contribution in [0.2, 0.25) is 0 Å². The van der Waals surface area contributed by atoms with Gasteiger partial charge in [-0.25, -0.2) is 0 Å². The highest BCUT2D eigenvalue weighted by Crippen LogP contribution is 2.38. The maximum Gasteiger partial charge on any atom is 0.119 e. The summed E-state index contributed by atoms with van der Waals surface area (Å²) < 4.78 is 0. The van der Waals surface area contributed by atoms with E-state index in [4.69, 9.17) is 11.0 Å². The van der Waals surface area contributed by atoms with Crippen molar-refractivity contribution in [2.75, 3.05) is 13.6 Å². The number of hydrogen-bond acceptors (Lipinski definition) is 3. The second-order valence-electron chi connectivity index (χ2n) is 4.44. The fourth-order valence-electron chi connectivity index (χ4n) is 1.45. The molecule has 0 amide bonds. The van der Waals surface area contributed by atoms with Crippen LogP contribution in [-0.4, -0.2) is 30.1 Å². The van der Waals surface area contributed by atoms with Crippen molar-refractivity contribution in [2.24, 2.45) is 11.7 Å². The van der Waals surface area contributed by atoms with Gasteiger partial charge in [0.15, 0.2) is 0 Å². The van der Waals surface area contributed by atoms with Gasteiger partial charge in [0.25, 0.3) is 0 Å². The highest BCUT2D eigenvalue weighted by atomic mass is 15.1. The highest BCUT2D eigenvalue weighted by molar-refractivity contribution is 5.14. The Bertz CT molecular complexity index is 215. The molecule has 2 N–H and O–H groups in total. The molecule has 1 aliphatic rings. The first-order valence-corrected chi connectivity index (χ1v) is 4.90. The van der Waals surface area contributed by atoms with Crippen LogP contribution in [0, 0.1) is 17.2 Å². The third kappa shape index (κ3) is 2.43. The minimum absolute atomic E-state index is 0.429. The van der Waals surface area contributed by atoms with Crippen molar-refractivity contribution in [1.82, 2.24) is 4.90 Å². The summed E-state index contributed by atoms with van der Waals surface area (Å²) in [5.74, 6) is 0.429. The van der Waals surface area contributed by atoms with Gasteiger partial charge in [0, 0.05) is 12.6 Å². The molecule has 0 bridgehead atoms. The van der Waals surface area contributed by atoms with Gasteiger partial charge in [0.1, 0.15) is 5.54 Å². The summed E-state index contributed by atoms with van der Waals surface area (Å²) in [5, 5.41) is 9.02. The van der Waals surface area contributed by atoms with E-state index in [1.165, 1.54) is 0 Å². The second-order valence-corrected chi connectivity index (χ2v) is 4.44. The van der Waals surface area contributed by atoms with Crippen LogP contribution in [-0.2, 0) is 0 Å². The van der Waals surface area contributed by atoms with Crippen molar-refractivity contribution in [1.29, 1.82) is 5.26 Å². The van der Waals surface area contributed by atoms with Crippen LogP contribution in [0.5, 0.6) is 0 Å². The number of nitrogens with zero attached hydrogens (tertiary/aromatic N) is 2. The maximum absolute atomic E-state index is 9.02. The number of rotatable bonds is 4. The molecular formula is C10H19N3. The molecule has 1 fully saturated rings. The van der Waals surface area contributed by atoms with Gasteiger partial charge in [0.05, 0.1) is 6.07 Å². The first-order valence-electron chi connectivity index (χ1n) is 4.90.